The Balaban J connectivity index is 1.41. The molecule has 1 amide bonds. The van der Waals surface area contributed by atoms with Crippen LogP contribution in [0.5, 0.6) is 5.75 Å². The molecule has 0 unspecified atom stereocenters. The third kappa shape index (κ3) is 4.89. The van der Waals surface area contributed by atoms with Crippen molar-refractivity contribution < 1.29 is 9.53 Å². The molecule has 0 radical (unpaired) electrons. The average molecular weight is 405 g/mol. The van der Waals surface area contributed by atoms with Gasteiger partial charge in [-0.05, 0) is 49.2 Å². The first-order chi connectivity index (χ1) is 14.7. The molecule has 1 aliphatic rings. The number of carbonyl (C=O) groups is 1. The number of amides is 1. The molecule has 0 saturated carbocycles. The van der Waals surface area contributed by atoms with Crippen LogP contribution in [0, 0.1) is 0 Å². The van der Waals surface area contributed by atoms with Crippen LogP contribution in [0.3, 0.4) is 0 Å². The van der Waals surface area contributed by atoms with Crippen molar-refractivity contribution in [3.8, 4) is 5.75 Å². The maximum absolute atomic E-state index is 12.8. The molecule has 1 N–H and O–H groups in total. The van der Waals surface area contributed by atoms with Crippen molar-refractivity contribution in [3.05, 3.63) is 83.7 Å². The second-order valence-corrected chi connectivity index (χ2v) is 7.65. The number of aromatic nitrogens is 2. The number of benzene rings is 2. The summed E-state index contributed by atoms with van der Waals surface area (Å²) in [6.45, 7) is 3.33. The van der Waals surface area contributed by atoms with Gasteiger partial charge < -0.3 is 10.1 Å². The molecule has 0 aliphatic carbocycles. The number of likely N-dealkylation sites (tertiary alicyclic amines) is 1. The summed E-state index contributed by atoms with van der Waals surface area (Å²) in [4.78, 5) is 15.2. The van der Waals surface area contributed by atoms with Gasteiger partial charge in [0, 0.05) is 12.7 Å². The highest BCUT2D eigenvalue weighted by atomic mass is 16.5. The van der Waals surface area contributed by atoms with Gasteiger partial charge in [0.2, 0.25) is 0 Å². The number of rotatable bonds is 8. The van der Waals surface area contributed by atoms with Crippen LogP contribution in [-0.4, -0.2) is 47.3 Å². The number of hydrogen-bond donors (Lipinski definition) is 1. The van der Waals surface area contributed by atoms with E-state index < -0.39 is 0 Å². The van der Waals surface area contributed by atoms with Gasteiger partial charge in [-0.2, -0.15) is 5.10 Å². The molecule has 6 heteroatoms. The molecule has 6 nitrogen and oxygen atoms in total. The fraction of sp³-hybridized carbons (Fsp3) is 0.333. The van der Waals surface area contributed by atoms with E-state index in [2.05, 4.69) is 39.6 Å². The van der Waals surface area contributed by atoms with Crippen LogP contribution < -0.4 is 10.1 Å². The van der Waals surface area contributed by atoms with Gasteiger partial charge in [-0.25, -0.2) is 0 Å². The predicted molar refractivity (Wildman–Crippen MR) is 117 cm³/mol. The third-order valence-electron chi connectivity index (χ3n) is 5.62. The SMILES string of the molecule is COc1ccc([C@@H](CNC(=O)c2cnn(Cc3ccccc3)c2)N2CCCC2)cc1. The summed E-state index contributed by atoms with van der Waals surface area (Å²) < 4.78 is 7.08. The molecule has 2 heterocycles. The smallest absolute Gasteiger partial charge is 0.254 e. The lowest BCUT2D eigenvalue weighted by atomic mass is 10.1. The lowest BCUT2D eigenvalue weighted by Gasteiger charge is -2.28. The molecular formula is C24H28N4O2. The van der Waals surface area contributed by atoms with Gasteiger partial charge in [-0.15, -0.1) is 0 Å². The van der Waals surface area contributed by atoms with E-state index in [1.165, 1.54) is 18.4 Å². The van der Waals surface area contributed by atoms with E-state index >= 15 is 0 Å². The fourth-order valence-electron chi connectivity index (χ4n) is 3.97. The number of carbonyl (C=O) groups excluding carboxylic acids is 1. The quantitative estimate of drug-likeness (QED) is 0.624. The Morgan fingerprint density at radius 1 is 1.10 bits per heavy atom. The molecule has 1 aromatic heterocycles. The van der Waals surface area contributed by atoms with E-state index in [0.717, 1.165) is 24.4 Å². The lowest BCUT2D eigenvalue weighted by molar-refractivity contribution is 0.0938. The molecule has 156 valence electrons. The zero-order chi connectivity index (χ0) is 20.8. The third-order valence-corrected chi connectivity index (χ3v) is 5.62. The topological polar surface area (TPSA) is 59.4 Å². The molecule has 0 bridgehead atoms. The van der Waals surface area contributed by atoms with E-state index in [1.54, 1.807) is 24.2 Å². The summed E-state index contributed by atoms with van der Waals surface area (Å²) in [6.07, 6.45) is 5.84. The Kier molecular flexibility index (Phi) is 6.44. The van der Waals surface area contributed by atoms with Gasteiger partial charge in [-0.1, -0.05) is 42.5 Å². The van der Waals surface area contributed by atoms with Crippen molar-refractivity contribution in [2.75, 3.05) is 26.7 Å². The number of nitrogens with one attached hydrogen (secondary N) is 1. The maximum Gasteiger partial charge on any atom is 0.254 e. The second kappa shape index (κ2) is 9.59. The average Bonchev–Trinajstić information content (AvgIpc) is 3.48. The summed E-state index contributed by atoms with van der Waals surface area (Å²) in [6, 6.07) is 18.4. The van der Waals surface area contributed by atoms with Crippen LogP contribution in [0.25, 0.3) is 0 Å². The van der Waals surface area contributed by atoms with E-state index in [1.807, 2.05) is 30.3 Å². The van der Waals surface area contributed by atoms with E-state index in [4.69, 9.17) is 4.74 Å². The van der Waals surface area contributed by atoms with E-state index in [0.29, 0.717) is 18.7 Å². The van der Waals surface area contributed by atoms with Crippen molar-refractivity contribution in [3.63, 3.8) is 0 Å². The first-order valence-corrected chi connectivity index (χ1v) is 10.5. The second-order valence-electron chi connectivity index (χ2n) is 7.65. The number of nitrogens with zero attached hydrogens (tertiary/aromatic N) is 3. The van der Waals surface area contributed by atoms with Gasteiger partial charge >= 0.3 is 0 Å². The van der Waals surface area contributed by atoms with Crippen LogP contribution in [0.1, 0.15) is 40.4 Å². The summed E-state index contributed by atoms with van der Waals surface area (Å²) in [5.74, 6) is 0.751. The zero-order valence-corrected chi connectivity index (χ0v) is 17.3. The van der Waals surface area contributed by atoms with E-state index in [-0.39, 0.29) is 11.9 Å². The Bertz CT molecular complexity index is 947. The molecule has 2 aromatic carbocycles. The molecule has 1 saturated heterocycles. The highest BCUT2D eigenvalue weighted by Crippen LogP contribution is 2.26. The summed E-state index contributed by atoms with van der Waals surface area (Å²) in [7, 11) is 1.67. The van der Waals surface area contributed by atoms with Gasteiger partial charge in [0.05, 0.1) is 31.5 Å². The van der Waals surface area contributed by atoms with Crippen LogP contribution in [0.15, 0.2) is 67.0 Å². The standard InChI is InChI=1S/C24H28N4O2/c1-30-22-11-9-20(10-12-22)23(27-13-5-6-14-27)16-25-24(29)21-15-26-28(18-21)17-19-7-3-2-4-8-19/h2-4,7-12,15,18,23H,5-6,13-14,16-17H2,1H3,(H,25,29)/t23-/m1/s1. The van der Waals surface area contributed by atoms with Crippen molar-refractivity contribution in [2.45, 2.75) is 25.4 Å². The minimum atomic E-state index is -0.0907. The normalized spacial score (nSPS) is 15.1. The number of methoxy groups -OCH3 is 1. The zero-order valence-electron chi connectivity index (χ0n) is 17.3. The number of ether oxygens (including phenoxy) is 1. The Hall–Kier alpha value is -3.12. The first-order valence-electron chi connectivity index (χ1n) is 10.5. The minimum absolute atomic E-state index is 0.0907. The van der Waals surface area contributed by atoms with Crippen molar-refractivity contribution >= 4 is 5.91 Å². The van der Waals surface area contributed by atoms with Crippen LogP contribution in [-0.2, 0) is 6.54 Å². The summed E-state index contributed by atoms with van der Waals surface area (Å²) >= 11 is 0. The Morgan fingerprint density at radius 3 is 2.53 bits per heavy atom. The van der Waals surface area contributed by atoms with Crippen molar-refractivity contribution in [1.29, 1.82) is 0 Å². The predicted octanol–water partition coefficient (Wildman–Crippen LogP) is 3.51. The van der Waals surface area contributed by atoms with Crippen LogP contribution in [0.4, 0.5) is 0 Å². The molecule has 30 heavy (non-hydrogen) atoms. The van der Waals surface area contributed by atoms with Gasteiger partial charge in [0.15, 0.2) is 0 Å². The van der Waals surface area contributed by atoms with Gasteiger partial charge in [0.1, 0.15) is 5.75 Å². The van der Waals surface area contributed by atoms with Crippen molar-refractivity contribution in [2.24, 2.45) is 0 Å². The van der Waals surface area contributed by atoms with Gasteiger partial charge in [0.25, 0.3) is 5.91 Å². The Morgan fingerprint density at radius 2 is 1.83 bits per heavy atom. The molecule has 1 aliphatic heterocycles. The van der Waals surface area contributed by atoms with Crippen molar-refractivity contribution in [1.82, 2.24) is 20.0 Å². The maximum atomic E-state index is 12.8. The Labute approximate surface area is 177 Å². The highest BCUT2D eigenvalue weighted by Gasteiger charge is 2.24. The lowest BCUT2D eigenvalue weighted by Crippen LogP contribution is -2.36. The molecule has 1 fully saturated rings. The van der Waals surface area contributed by atoms with Crippen LogP contribution in [0.2, 0.25) is 0 Å². The van der Waals surface area contributed by atoms with Crippen LogP contribution >= 0.6 is 0 Å². The minimum Gasteiger partial charge on any atom is -0.497 e. The summed E-state index contributed by atoms with van der Waals surface area (Å²) in [5, 5.41) is 7.46. The fourth-order valence-corrected chi connectivity index (χ4v) is 3.97. The molecule has 3 aromatic rings. The molecule has 4 rings (SSSR count). The molecular weight excluding hydrogens is 376 g/mol. The molecule has 1 atom stereocenters. The number of hydrogen-bond acceptors (Lipinski definition) is 4. The first kappa shape index (κ1) is 20.2. The monoisotopic (exact) mass is 404 g/mol. The highest BCUT2D eigenvalue weighted by molar-refractivity contribution is 5.93. The largest absolute Gasteiger partial charge is 0.497 e. The summed E-state index contributed by atoms with van der Waals surface area (Å²) in [5.41, 5.74) is 2.93. The van der Waals surface area contributed by atoms with Gasteiger partial charge in [-0.3, -0.25) is 14.4 Å². The van der Waals surface area contributed by atoms with E-state index in [9.17, 15) is 4.79 Å². The molecule has 0 spiro atoms.